The van der Waals surface area contributed by atoms with Gasteiger partial charge in [0.15, 0.2) is 17.3 Å². The summed E-state index contributed by atoms with van der Waals surface area (Å²) in [4.78, 5) is 53.6. The first-order valence-electron chi connectivity index (χ1n) is 14.9. The fourth-order valence-electron chi connectivity index (χ4n) is 4.74. The van der Waals surface area contributed by atoms with Gasteiger partial charge in [-0.1, -0.05) is 6.07 Å². The third-order valence-corrected chi connectivity index (χ3v) is 7.20. The second kappa shape index (κ2) is 11.8. The summed E-state index contributed by atoms with van der Waals surface area (Å²) in [6.45, 7) is 0.447. The Labute approximate surface area is 246 Å². The summed E-state index contributed by atoms with van der Waals surface area (Å²) in [5.74, 6) is -1.20. The summed E-state index contributed by atoms with van der Waals surface area (Å²) in [5.41, 5.74) is 1.42. The maximum absolute atomic E-state index is 13.4. The highest BCUT2D eigenvalue weighted by atomic mass is 16.5. The molecule has 42 heavy (non-hydrogen) atoms. The zero-order chi connectivity index (χ0) is 32.5. The van der Waals surface area contributed by atoms with Crippen LogP contribution in [0, 0.1) is 5.92 Å². The molecule has 1 aliphatic heterocycles. The first-order valence-corrected chi connectivity index (χ1v) is 13.4. The molecule has 14 heteroatoms. The second-order valence-corrected chi connectivity index (χ2v) is 10.1. The fraction of sp³-hybridized carbons (Fsp3) is 0.393. The average molecular weight is 579 g/mol. The topological polar surface area (TPSA) is 164 Å². The number of para-hydroxylation sites is 1. The van der Waals surface area contributed by atoms with Crippen molar-refractivity contribution in [1.29, 1.82) is 0 Å². The molecule has 1 aromatic carbocycles. The van der Waals surface area contributed by atoms with Crippen LogP contribution in [0.2, 0.25) is 0 Å². The van der Waals surface area contributed by atoms with Gasteiger partial charge in [-0.25, -0.2) is 0 Å². The Hall–Kier alpha value is -5.01. The Balaban J connectivity index is 1.44. The van der Waals surface area contributed by atoms with Gasteiger partial charge in [0.05, 0.1) is 24.2 Å². The molecule has 3 aromatic rings. The molecule has 0 spiro atoms. The molecule has 3 heterocycles. The number of benzene rings is 1. The summed E-state index contributed by atoms with van der Waals surface area (Å²) < 4.78 is 29.5. The van der Waals surface area contributed by atoms with Crippen molar-refractivity contribution >= 4 is 40.8 Å². The van der Waals surface area contributed by atoms with Crippen molar-refractivity contribution in [3.8, 4) is 17.0 Å². The van der Waals surface area contributed by atoms with Crippen molar-refractivity contribution in [2.75, 3.05) is 50.9 Å². The van der Waals surface area contributed by atoms with E-state index in [1.54, 1.807) is 41.1 Å². The predicted molar refractivity (Wildman–Crippen MR) is 153 cm³/mol. The summed E-state index contributed by atoms with van der Waals surface area (Å²) in [6, 6.07) is 8.16. The van der Waals surface area contributed by atoms with E-state index in [-0.39, 0.29) is 40.8 Å². The molecule has 0 atom stereocenters. The molecule has 2 aromatic heterocycles. The number of ether oxygens (including phenoxy) is 1. The van der Waals surface area contributed by atoms with E-state index in [4.69, 9.17) is 8.85 Å². The van der Waals surface area contributed by atoms with Crippen molar-refractivity contribution in [3.63, 3.8) is 0 Å². The molecule has 14 nitrogen and oxygen atoms in total. The number of piperazine rings is 1. The Kier molecular flexibility index (Phi) is 6.98. The van der Waals surface area contributed by atoms with Crippen LogP contribution in [0.3, 0.4) is 0 Å². The molecule has 1 saturated heterocycles. The molecule has 2 aliphatic rings. The molecule has 0 bridgehead atoms. The van der Waals surface area contributed by atoms with E-state index in [1.807, 2.05) is 5.32 Å². The van der Waals surface area contributed by atoms with E-state index in [1.165, 1.54) is 24.8 Å². The van der Waals surface area contributed by atoms with Gasteiger partial charge < -0.3 is 30.5 Å². The van der Waals surface area contributed by atoms with Crippen molar-refractivity contribution in [3.05, 3.63) is 41.7 Å². The number of nitrogens with zero attached hydrogens (tertiary/aromatic N) is 6. The van der Waals surface area contributed by atoms with Crippen molar-refractivity contribution in [2.24, 2.45) is 13.0 Å². The van der Waals surface area contributed by atoms with E-state index in [0.717, 1.165) is 12.8 Å². The SMILES string of the molecule is [2H]C([2H])([2H])NC(=O)c1nnc(NC(=O)C2CC2)cc1Nc1cccc(-c2cc(C(=O)N3CCN(C(C)=O)CC3)n(C)n2)c1OC. The lowest BCUT2D eigenvalue weighted by Crippen LogP contribution is -2.50. The number of carbonyl (C=O) groups excluding carboxylic acids is 4. The number of aromatic nitrogens is 4. The van der Waals surface area contributed by atoms with Crippen molar-refractivity contribution in [1.82, 2.24) is 35.1 Å². The van der Waals surface area contributed by atoms with E-state index in [2.05, 4.69) is 25.9 Å². The number of anilines is 3. The van der Waals surface area contributed by atoms with Crippen LogP contribution >= 0.6 is 0 Å². The van der Waals surface area contributed by atoms with Crippen molar-refractivity contribution < 1.29 is 28.0 Å². The number of carbonyl (C=O) groups is 4. The van der Waals surface area contributed by atoms with E-state index < -0.39 is 12.9 Å². The van der Waals surface area contributed by atoms with Crippen molar-refractivity contribution in [2.45, 2.75) is 19.8 Å². The molecule has 1 saturated carbocycles. The largest absolute Gasteiger partial charge is 0.494 e. The van der Waals surface area contributed by atoms with Gasteiger partial charge >= 0.3 is 0 Å². The van der Waals surface area contributed by atoms with Gasteiger partial charge in [-0.15, -0.1) is 10.2 Å². The minimum atomic E-state index is -2.78. The highest BCUT2D eigenvalue weighted by Crippen LogP contribution is 2.38. The minimum Gasteiger partial charge on any atom is -0.494 e. The summed E-state index contributed by atoms with van der Waals surface area (Å²) in [6.07, 6.45) is 1.54. The molecular weight excluding hydrogens is 542 g/mol. The average Bonchev–Trinajstić information content (AvgIpc) is 3.77. The third-order valence-electron chi connectivity index (χ3n) is 7.20. The maximum Gasteiger partial charge on any atom is 0.273 e. The van der Waals surface area contributed by atoms with Crippen LogP contribution in [0.15, 0.2) is 30.3 Å². The predicted octanol–water partition coefficient (Wildman–Crippen LogP) is 1.64. The van der Waals surface area contributed by atoms with Crippen LogP contribution in [0.4, 0.5) is 17.2 Å². The molecule has 2 fully saturated rings. The molecule has 4 amide bonds. The lowest BCUT2D eigenvalue weighted by atomic mass is 10.1. The number of rotatable bonds is 8. The summed E-state index contributed by atoms with van der Waals surface area (Å²) >= 11 is 0. The summed E-state index contributed by atoms with van der Waals surface area (Å²) in [5, 5.41) is 20.0. The normalized spacial score (nSPS) is 16.1. The number of amides is 4. The lowest BCUT2D eigenvalue weighted by Gasteiger charge is -2.34. The van der Waals surface area contributed by atoms with E-state index >= 15 is 0 Å². The molecule has 3 N–H and O–H groups in total. The molecule has 0 unspecified atom stereocenters. The second-order valence-electron chi connectivity index (χ2n) is 10.1. The number of methoxy groups -OCH3 is 1. The van der Waals surface area contributed by atoms with Gasteiger partial charge in [0, 0.05) is 68.8 Å². The zero-order valence-corrected chi connectivity index (χ0v) is 23.4. The monoisotopic (exact) mass is 578 g/mol. The van der Waals surface area contributed by atoms with Crippen LogP contribution in [-0.2, 0) is 16.6 Å². The number of hydrogen-bond donors (Lipinski definition) is 3. The Bertz CT molecular complexity index is 1650. The molecule has 220 valence electrons. The quantitative estimate of drug-likeness (QED) is 0.360. The lowest BCUT2D eigenvalue weighted by molar-refractivity contribution is -0.130. The zero-order valence-electron chi connectivity index (χ0n) is 26.4. The minimum absolute atomic E-state index is 0.0303. The van der Waals surface area contributed by atoms with Gasteiger partial charge in [0.2, 0.25) is 11.8 Å². The highest BCUT2D eigenvalue weighted by Gasteiger charge is 2.30. The van der Waals surface area contributed by atoms with E-state index in [9.17, 15) is 19.2 Å². The number of hydrogen-bond acceptors (Lipinski definition) is 9. The molecular formula is C28H33N9O5. The third kappa shape index (κ3) is 5.87. The van der Waals surface area contributed by atoms with Crippen LogP contribution in [-0.4, -0.2) is 93.7 Å². The van der Waals surface area contributed by atoms with Gasteiger partial charge in [-0.05, 0) is 31.0 Å². The molecule has 1 aliphatic carbocycles. The number of aryl methyl sites for hydroxylation is 1. The molecule has 0 radical (unpaired) electrons. The highest BCUT2D eigenvalue weighted by molar-refractivity contribution is 6.00. The van der Waals surface area contributed by atoms with Gasteiger partial charge in [-0.2, -0.15) is 5.10 Å². The van der Waals surface area contributed by atoms with Gasteiger partial charge in [0.25, 0.3) is 11.8 Å². The van der Waals surface area contributed by atoms with Gasteiger partial charge in [0.1, 0.15) is 5.69 Å². The summed E-state index contributed by atoms with van der Waals surface area (Å²) in [7, 11) is 3.11. The van der Waals surface area contributed by atoms with Crippen LogP contribution in [0.25, 0.3) is 11.3 Å². The standard InChI is InChI=1S/C28H33N9O5/c1-16(38)36-10-12-37(13-11-36)28(41)22-14-20(34-35(22)3)18-6-5-7-19(25(18)42-4)30-21-15-23(31-26(39)17-8-9-17)32-33-24(21)27(40)29-2/h5-7,14-15,17H,8-13H2,1-4H3,(H,29,40)(H2,30,31,32,39)/i2D3. The van der Waals surface area contributed by atoms with Crippen LogP contribution in [0.5, 0.6) is 5.75 Å². The smallest absolute Gasteiger partial charge is 0.273 e. The first-order chi connectivity index (χ1) is 21.3. The first kappa shape index (κ1) is 24.8. The van der Waals surface area contributed by atoms with Crippen LogP contribution < -0.4 is 20.7 Å². The number of nitrogens with one attached hydrogen (secondary N) is 3. The Morgan fingerprint density at radius 2 is 1.76 bits per heavy atom. The molecule has 5 rings (SSSR count). The fourth-order valence-corrected chi connectivity index (χ4v) is 4.74. The van der Waals surface area contributed by atoms with E-state index in [0.29, 0.717) is 54.6 Å². The van der Waals surface area contributed by atoms with Crippen LogP contribution in [0.1, 0.15) is 44.9 Å². The maximum atomic E-state index is 13.4. The van der Waals surface area contributed by atoms with Gasteiger partial charge in [-0.3, -0.25) is 23.9 Å². The Morgan fingerprint density at radius 1 is 1.02 bits per heavy atom. The Morgan fingerprint density at radius 3 is 2.43 bits per heavy atom.